The first-order valence-corrected chi connectivity index (χ1v) is 9.70. The van der Waals surface area contributed by atoms with Gasteiger partial charge in [0.15, 0.2) is 11.7 Å². The standard InChI is InChI=1S/C20H28N2O5/c1-4-6-17(19(23)21-12-14-7-5-9-25-14)27-20(24)16-11-18-15(8-10-26-18)22(16)13(2)3/h8,10-11,13-14,17H,4-7,9,12H2,1-3H3,(H,21,23). The van der Waals surface area contributed by atoms with Crippen LogP contribution in [-0.2, 0) is 14.3 Å². The molecule has 1 N–H and O–H groups in total. The van der Waals surface area contributed by atoms with Crippen LogP contribution >= 0.6 is 0 Å². The predicted molar refractivity (Wildman–Crippen MR) is 101 cm³/mol. The fraction of sp³-hybridized carbons (Fsp3) is 0.600. The molecule has 1 aliphatic heterocycles. The summed E-state index contributed by atoms with van der Waals surface area (Å²) in [5.74, 6) is -0.784. The van der Waals surface area contributed by atoms with Crippen molar-refractivity contribution in [3.8, 4) is 0 Å². The molecular weight excluding hydrogens is 348 g/mol. The Labute approximate surface area is 159 Å². The molecule has 2 aromatic heterocycles. The van der Waals surface area contributed by atoms with E-state index < -0.39 is 12.1 Å². The van der Waals surface area contributed by atoms with Crippen molar-refractivity contribution in [1.82, 2.24) is 9.88 Å². The average Bonchev–Trinajstić information content (AvgIpc) is 3.35. The molecule has 1 fully saturated rings. The highest BCUT2D eigenvalue weighted by Crippen LogP contribution is 2.26. The SMILES string of the molecule is CCCC(OC(=O)c1cc2occc2n1C(C)C)C(=O)NCC1CCCO1. The van der Waals surface area contributed by atoms with Gasteiger partial charge in [0.05, 0.1) is 17.9 Å². The van der Waals surface area contributed by atoms with E-state index in [9.17, 15) is 9.59 Å². The number of hydrogen-bond acceptors (Lipinski definition) is 5. The van der Waals surface area contributed by atoms with Crippen LogP contribution in [-0.4, -0.2) is 41.8 Å². The van der Waals surface area contributed by atoms with Crippen molar-refractivity contribution in [1.29, 1.82) is 0 Å². The molecule has 1 aliphatic rings. The van der Waals surface area contributed by atoms with Gasteiger partial charge >= 0.3 is 5.97 Å². The van der Waals surface area contributed by atoms with Crippen LogP contribution in [0.3, 0.4) is 0 Å². The Morgan fingerprint density at radius 2 is 2.22 bits per heavy atom. The summed E-state index contributed by atoms with van der Waals surface area (Å²) in [6.07, 6.45) is 4.00. The van der Waals surface area contributed by atoms with Crippen molar-refractivity contribution in [2.45, 2.75) is 64.7 Å². The maximum Gasteiger partial charge on any atom is 0.355 e. The summed E-state index contributed by atoms with van der Waals surface area (Å²) in [5.41, 5.74) is 1.87. The highest BCUT2D eigenvalue weighted by Gasteiger charge is 2.27. The summed E-state index contributed by atoms with van der Waals surface area (Å²) in [4.78, 5) is 25.3. The zero-order valence-electron chi connectivity index (χ0n) is 16.2. The van der Waals surface area contributed by atoms with E-state index in [2.05, 4.69) is 5.32 Å². The largest absolute Gasteiger partial charge is 0.463 e. The molecule has 0 bridgehead atoms. The summed E-state index contributed by atoms with van der Waals surface area (Å²) in [6.45, 7) is 7.12. The number of carbonyl (C=O) groups is 2. The summed E-state index contributed by atoms with van der Waals surface area (Å²) >= 11 is 0. The molecular formula is C20H28N2O5. The third kappa shape index (κ3) is 4.35. The van der Waals surface area contributed by atoms with E-state index >= 15 is 0 Å². The van der Waals surface area contributed by atoms with Crippen LogP contribution in [0, 0.1) is 0 Å². The molecule has 2 unspecified atom stereocenters. The van der Waals surface area contributed by atoms with E-state index in [-0.39, 0.29) is 18.1 Å². The van der Waals surface area contributed by atoms with E-state index in [0.717, 1.165) is 31.4 Å². The van der Waals surface area contributed by atoms with Gasteiger partial charge in [-0.25, -0.2) is 4.79 Å². The van der Waals surface area contributed by atoms with Gasteiger partial charge in [-0.1, -0.05) is 13.3 Å². The fourth-order valence-corrected chi connectivity index (χ4v) is 3.49. The number of ether oxygens (including phenoxy) is 2. The van der Waals surface area contributed by atoms with Crippen molar-refractivity contribution in [2.24, 2.45) is 0 Å². The van der Waals surface area contributed by atoms with Gasteiger partial charge in [0.25, 0.3) is 5.91 Å². The highest BCUT2D eigenvalue weighted by molar-refractivity contribution is 5.95. The van der Waals surface area contributed by atoms with Crippen molar-refractivity contribution in [3.63, 3.8) is 0 Å². The zero-order chi connectivity index (χ0) is 19.4. The number of nitrogens with one attached hydrogen (secondary N) is 1. The number of amides is 1. The van der Waals surface area contributed by atoms with Gasteiger partial charge in [0.2, 0.25) is 0 Å². The van der Waals surface area contributed by atoms with Crippen molar-refractivity contribution in [3.05, 3.63) is 24.1 Å². The monoisotopic (exact) mass is 376 g/mol. The molecule has 2 atom stereocenters. The second kappa shape index (κ2) is 8.61. The lowest BCUT2D eigenvalue weighted by molar-refractivity contribution is -0.130. The third-order valence-electron chi connectivity index (χ3n) is 4.81. The summed E-state index contributed by atoms with van der Waals surface area (Å²) in [5, 5.41) is 2.86. The second-order valence-electron chi connectivity index (χ2n) is 7.23. The van der Waals surface area contributed by atoms with Crippen LogP contribution in [0.5, 0.6) is 0 Å². The van der Waals surface area contributed by atoms with E-state index in [1.807, 2.05) is 31.4 Å². The smallest absolute Gasteiger partial charge is 0.355 e. The lowest BCUT2D eigenvalue weighted by Gasteiger charge is -2.19. The number of esters is 1. The van der Waals surface area contributed by atoms with Crippen LogP contribution in [0.25, 0.3) is 11.1 Å². The zero-order valence-corrected chi connectivity index (χ0v) is 16.2. The normalized spacial score (nSPS) is 18.1. The van der Waals surface area contributed by atoms with Crippen LogP contribution in [0.2, 0.25) is 0 Å². The van der Waals surface area contributed by atoms with Crippen LogP contribution in [0.15, 0.2) is 22.8 Å². The third-order valence-corrected chi connectivity index (χ3v) is 4.81. The molecule has 7 nitrogen and oxygen atoms in total. The topological polar surface area (TPSA) is 82.7 Å². The summed E-state index contributed by atoms with van der Waals surface area (Å²) in [6, 6.07) is 3.55. The van der Waals surface area contributed by atoms with Gasteiger partial charge in [-0.2, -0.15) is 0 Å². The highest BCUT2D eigenvalue weighted by atomic mass is 16.5. The number of fused-ring (bicyclic) bond motifs is 1. The van der Waals surface area contributed by atoms with E-state index in [0.29, 0.717) is 24.2 Å². The minimum atomic E-state index is -0.814. The van der Waals surface area contributed by atoms with E-state index in [4.69, 9.17) is 13.9 Å². The number of aromatic nitrogens is 1. The molecule has 148 valence electrons. The Balaban J connectivity index is 1.70. The van der Waals surface area contributed by atoms with Crippen LogP contribution < -0.4 is 5.32 Å². The van der Waals surface area contributed by atoms with Crippen molar-refractivity contribution >= 4 is 23.0 Å². The van der Waals surface area contributed by atoms with Gasteiger partial charge in [0.1, 0.15) is 5.69 Å². The Morgan fingerprint density at radius 3 is 2.89 bits per heavy atom. The molecule has 3 rings (SSSR count). The number of nitrogens with zero attached hydrogens (tertiary/aromatic N) is 1. The predicted octanol–water partition coefficient (Wildman–Crippen LogP) is 3.44. The molecule has 2 aromatic rings. The van der Waals surface area contributed by atoms with Gasteiger partial charge in [-0.05, 0) is 33.1 Å². The second-order valence-corrected chi connectivity index (χ2v) is 7.23. The van der Waals surface area contributed by atoms with Gasteiger partial charge < -0.3 is 23.8 Å². The van der Waals surface area contributed by atoms with Gasteiger partial charge in [-0.3, -0.25) is 4.79 Å². The molecule has 0 aromatic carbocycles. The fourth-order valence-electron chi connectivity index (χ4n) is 3.49. The van der Waals surface area contributed by atoms with E-state index in [1.165, 1.54) is 0 Å². The Morgan fingerprint density at radius 1 is 1.41 bits per heavy atom. The first-order valence-electron chi connectivity index (χ1n) is 9.70. The van der Waals surface area contributed by atoms with Crippen molar-refractivity contribution in [2.75, 3.05) is 13.2 Å². The number of rotatable bonds is 8. The number of carbonyl (C=O) groups excluding carboxylic acids is 2. The van der Waals surface area contributed by atoms with E-state index in [1.54, 1.807) is 12.3 Å². The molecule has 27 heavy (non-hydrogen) atoms. The molecule has 0 saturated carbocycles. The molecule has 0 aliphatic carbocycles. The van der Waals surface area contributed by atoms with Crippen LogP contribution in [0.1, 0.15) is 63.0 Å². The molecule has 7 heteroatoms. The number of hydrogen-bond donors (Lipinski definition) is 1. The first kappa shape index (κ1) is 19.5. The minimum absolute atomic E-state index is 0.0528. The summed E-state index contributed by atoms with van der Waals surface area (Å²) in [7, 11) is 0. The quantitative estimate of drug-likeness (QED) is 0.714. The molecule has 1 amide bonds. The molecule has 1 saturated heterocycles. The van der Waals surface area contributed by atoms with Gasteiger partial charge in [0, 0.05) is 31.3 Å². The molecule has 0 radical (unpaired) electrons. The summed E-state index contributed by atoms with van der Waals surface area (Å²) < 4.78 is 18.4. The van der Waals surface area contributed by atoms with Crippen LogP contribution in [0.4, 0.5) is 0 Å². The Bertz CT molecular complexity index is 785. The average molecular weight is 376 g/mol. The van der Waals surface area contributed by atoms with Crippen molar-refractivity contribution < 1.29 is 23.5 Å². The van der Waals surface area contributed by atoms with Gasteiger partial charge in [-0.15, -0.1) is 0 Å². The molecule has 0 spiro atoms. The molecule has 3 heterocycles. The maximum atomic E-state index is 12.8. The Kier molecular flexibility index (Phi) is 6.21. The Hall–Kier alpha value is -2.28. The lowest BCUT2D eigenvalue weighted by Crippen LogP contribution is -2.41. The number of furan rings is 1. The maximum absolute atomic E-state index is 12.8. The lowest BCUT2D eigenvalue weighted by atomic mass is 10.2. The minimum Gasteiger partial charge on any atom is -0.463 e. The first-order chi connectivity index (χ1) is 13.0.